The summed E-state index contributed by atoms with van der Waals surface area (Å²) in [5.74, 6) is 0.458. The Morgan fingerprint density at radius 1 is 0.968 bits per heavy atom. The van der Waals surface area contributed by atoms with Crippen molar-refractivity contribution in [1.29, 1.82) is 0 Å². The highest BCUT2D eigenvalue weighted by molar-refractivity contribution is 5.92. The molecule has 4 rings (SSSR count). The maximum absolute atomic E-state index is 12.5. The van der Waals surface area contributed by atoms with Gasteiger partial charge in [0, 0.05) is 33.0 Å². The lowest BCUT2D eigenvalue weighted by molar-refractivity contribution is 0.0945. The highest BCUT2D eigenvalue weighted by Crippen LogP contribution is 2.24. The molecule has 0 saturated carbocycles. The first-order chi connectivity index (χ1) is 15.1. The van der Waals surface area contributed by atoms with Crippen LogP contribution < -0.4 is 10.2 Å². The van der Waals surface area contributed by atoms with Crippen molar-refractivity contribution in [2.45, 2.75) is 13.1 Å². The molecule has 0 aliphatic carbocycles. The predicted molar refractivity (Wildman–Crippen MR) is 121 cm³/mol. The van der Waals surface area contributed by atoms with Crippen molar-refractivity contribution in [2.24, 2.45) is 0 Å². The van der Waals surface area contributed by atoms with E-state index in [1.807, 2.05) is 54.1 Å². The van der Waals surface area contributed by atoms with Gasteiger partial charge in [-0.25, -0.2) is 0 Å². The van der Waals surface area contributed by atoms with Crippen LogP contribution in [0.3, 0.4) is 0 Å². The molecule has 31 heavy (non-hydrogen) atoms. The van der Waals surface area contributed by atoms with Gasteiger partial charge in [-0.1, -0.05) is 48.5 Å². The molecule has 0 atom stereocenters. The Morgan fingerprint density at radius 2 is 1.77 bits per heavy atom. The first-order valence-corrected chi connectivity index (χ1v) is 10.0. The lowest BCUT2D eigenvalue weighted by atomic mass is 9.98. The molecule has 0 unspecified atom stereocenters. The zero-order valence-corrected chi connectivity index (χ0v) is 17.6. The third-order valence-corrected chi connectivity index (χ3v) is 4.97. The van der Waals surface area contributed by atoms with Crippen LogP contribution in [0.5, 0.6) is 0 Å². The number of nitrogens with one attached hydrogen (secondary N) is 1. The number of hydrogen-bond acceptors (Lipinski definition) is 5. The molecule has 156 valence electrons. The van der Waals surface area contributed by atoms with Gasteiger partial charge in [-0.2, -0.15) is 5.10 Å². The second-order valence-corrected chi connectivity index (χ2v) is 7.41. The molecule has 7 heteroatoms. The van der Waals surface area contributed by atoms with E-state index in [2.05, 4.69) is 50.9 Å². The normalized spacial score (nSPS) is 10.6. The van der Waals surface area contributed by atoms with E-state index in [1.165, 1.54) is 5.56 Å². The summed E-state index contributed by atoms with van der Waals surface area (Å²) in [5, 5.41) is 15.3. The van der Waals surface area contributed by atoms with Gasteiger partial charge in [0.15, 0.2) is 11.5 Å². The maximum atomic E-state index is 12.5. The van der Waals surface area contributed by atoms with Crippen molar-refractivity contribution < 1.29 is 4.79 Å². The molecule has 2 aromatic carbocycles. The Bertz CT molecular complexity index is 1140. The van der Waals surface area contributed by atoms with Gasteiger partial charge in [0.2, 0.25) is 0 Å². The lowest BCUT2D eigenvalue weighted by Crippen LogP contribution is -2.24. The summed E-state index contributed by atoms with van der Waals surface area (Å²) in [6.45, 7) is 1.14. The van der Waals surface area contributed by atoms with Gasteiger partial charge in [0.05, 0.1) is 6.54 Å². The molecule has 0 aliphatic rings. The van der Waals surface area contributed by atoms with Crippen LogP contribution in [0.25, 0.3) is 11.1 Å². The van der Waals surface area contributed by atoms with Crippen molar-refractivity contribution in [2.75, 3.05) is 19.0 Å². The van der Waals surface area contributed by atoms with E-state index in [-0.39, 0.29) is 5.91 Å². The minimum absolute atomic E-state index is 0.248. The number of nitrogens with zero attached hydrogens (tertiary/aromatic N) is 5. The van der Waals surface area contributed by atoms with Crippen LogP contribution in [-0.4, -0.2) is 40.0 Å². The van der Waals surface area contributed by atoms with Gasteiger partial charge < -0.3 is 10.2 Å². The van der Waals surface area contributed by atoms with E-state index < -0.39 is 0 Å². The minimum atomic E-state index is -0.248. The summed E-state index contributed by atoms with van der Waals surface area (Å²) < 4.78 is 1.90. The van der Waals surface area contributed by atoms with Crippen LogP contribution in [0.4, 0.5) is 5.82 Å². The smallest absolute Gasteiger partial charge is 0.272 e. The third kappa shape index (κ3) is 4.95. The molecule has 0 saturated heterocycles. The van der Waals surface area contributed by atoms with Gasteiger partial charge in [-0.05, 0) is 40.5 Å². The fourth-order valence-corrected chi connectivity index (χ4v) is 3.28. The molecule has 1 amide bonds. The zero-order valence-electron chi connectivity index (χ0n) is 17.6. The number of amides is 1. The van der Waals surface area contributed by atoms with Crippen molar-refractivity contribution in [1.82, 2.24) is 25.3 Å². The van der Waals surface area contributed by atoms with Crippen LogP contribution >= 0.6 is 0 Å². The molecule has 0 spiro atoms. The van der Waals surface area contributed by atoms with Crippen LogP contribution in [0.1, 0.15) is 21.6 Å². The largest absolute Gasteiger partial charge is 0.361 e. The first kappa shape index (κ1) is 20.3. The summed E-state index contributed by atoms with van der Waals surface area (Å²) in [6, 6.07) is 21.9. The van der Waals surface area contributed by atoms with E-state index in [0.29, 0.717) is 18.1 Å². The third-order valence-electron chi connectivity index (χ3n) is 4.97. The van der Waals surface area contributed by atoms with Gasteiger partial charge in [-0.15, -0.1) is 10.2 Å². The fourth-order valence-electron chi connectivity index (χ4n) is 3.28. The zero-order chi connectivity index (χ0) is 21.6. The predicted octanol–water partition coefficient (Wildman–Crippen LogP) is 3.38. The van der Waals surface area contributed by atoms with E-state index in [1.54, 1.807) is 18.3 Å². The van der Waals surface area contributed by atoms with E-state index in [0.717, 1.165) is 23.2 Å². The molecule has 2 heterocycles. The summed E-state index contributed by atoms with van der Waals surface area (Å²) >= 11 is 0. The summed E-state index contributed by atoms with van der Waals surface area (Å²) in [4.78, 5) is 14.3. The molecule has 4 aromatic rings. The summed E-state index contributed by atoms with van der Waals surface area (Å²) in [6.07, 6.45) is 3.73. The number of benzene rings is 2. The van der Waals surface area contributed by atoms with Crippen molar-refractivity contribution >= 4 is 11.7 Å². The lowest BCUT2D eigenvalue weighted by Gasteiger charge is -2.12. The highest BCUT2D eigenvalue weighted by atomic mass is 16.1. The Hall–Kier alpha value is -4.00. The number of carbonyl (C=O) groups excluding carboxylic acids is 1. The number of carbonyl (C=O) groups is 1. The molecule has 1 N–H and O–H groups in total. The summed E-state index contributed by atoms with van der Waals surface area (Å²) in [5.41, 5.74) is 4.70. The van der Waals surface area contributed by atoms with E-state index >= 15 is 0 Å². The summed E-state index contributed by atoms with van der Waals surface area (Å²) in [7, 11) is 3.76. The topological polar surface area (TPSA) is 75.9 Å². The van der Waals surface area contributed by atoms with Crippen molar-refractivity contribution in [3.63, 3.8) is 0 Å². The second kappa shape index (κ2) is 9.21. The quantitative estimate of drug-likeness (QED) is 0.504. The van der Waals surface area contributed by atoms with Crippen LogP contribution in [0.15, 0.2) is 79.1 Å². The van der Waals surface area contributed by atoms with Gasteiger partial charge in [-0.3, -0.25) is 9.48 Å². The molecule has 2 aromatic heterocycles. The SMILES string of the molecule is CN(C)c1ccc(C(=O)NCc2ccccc2-c2ccc(Cn3cccn3)cc2)nn1. The number of hydrogen-bond donors (Lipinski definition) is 1. The Labute approximate surface area is 181 Å². The first-order valence-electron chi connectivity index (χ1n) is 10.0. The Morgan fingerprint density at radius 3 is 2.45 bits per heavy atom. The molecule has 7 nitrogen and oxygen atoms in total. The monoisotopic (exact) mass is 412 g/mol. The average molecular weight is 412 g/mol. The standard InChI is InChI=1S/C24H24N6O/c1-29(2)23-13-12-22(27-28-23)24(31)25-16-20-6-3-4-7-21(20)19-10-8-18(9-11-19)17-30-15-5-14-26-30/h3-15H,16-17H2,1-2H3,(H,25,31). The van der Waals surface area contributed by atoms with Gasteiger partial charge in [0.25, 0.3) is 5.91 Å². The van der Waals surface area contributed by atoms with E-state index in [4.69, 9.17) is 0 Å². The van der Waals surface area contributed by atoms with Crippen LogP contribution in [0.2, 0.25) is 0 Å². The number of anilines is 1. The van der Waals surface area contributed by atoms with E-state index in [9.17, 15) is 4.79 Å². The van der Waals surface area contributed by atoms with Crippen LogP contribution in [0, 0.1) is 0 Å². The molecular weight excluding hydrogens is 388 g/mol. The molecular formula is C24H24N6O. The minimum Gasteiger partial charge on any atom is -0.361 e. The van der Waals surface area contributed by atoms with Crippen molar-refractivity contribution in [3.05, 3.63) is 95.9 Å². The van der Waals surface area contributed by atoms with Crippen LogP contribution in [-0.2, 0) is 13.1 Å². The Kier molecular flexibility index (Phi) is 6.03. The molecule has 0 radical (unpaired) electrons. The fraction of sp³-hybridized carbons (Fsp3) is 0.167. The molecule has 0 fully saturated rings. The van der Waals surface area contributed by atoms with Crippen molar-refractivity contribution in [3.8, 4) is 11.1 Å². The number of rotatable bonds is 7. The Balaban J connectivity index is 1.45. The molecule has 0 bridgehead atoms. The average Bonchev–Trinajstić information content (AvgIpc) is 3.31. The maximum Gasteiger partial charge on any atom is 0.272 e. The second-order valence-electron chi connectivity index (χ2n) is 7.41. The van der Waals surface area contributed by atoms with Gasteiger partial charge >= 0.3 is 0 Å². The van der Waals surface area contributed by atoms with Gasteiger partial charge in [0.1, 0.15) is 0 Å². The molecule has 0 aliphatic heterocycles. The number of aromatic nitrogens is 4. The highest BCUT2D eigenvalue weighted by Gasteiger charge is 2.11.